The fraction of sp³-hybridized carbons (Fsp3) is 0.188. The zero-order valence-electron chi connectivity index (χ0n) is 80.8. The summed E-state index contributed by atoms with van der Waals surface area (Å²) >= 11 is 7.61. The summed E-state index contributed by atoms with van der Waals surface area (Å²) in [4.78, 5) is 0. The van der Waals surface area contributed by atoms with Crippen molar-refractivity contribution in [2.24, 2.45) is 5.92 Å². The van der Waals surface area contributed by atoms with Crippen LogP contribution in [-0.4, -0.2) is 5.43 Å². The van der Waals surface area contributed by atoms with Crippen LogP contribution in [0.2, 0.25) is 0 Å². The monoisotopic (exact) mass is 1920 g/mol. The third-order valence-electron chi connectivity index (χ3n) is 27.4. The van der Waals surface area contributed by atoms with E-state index in [1.54, 1.807) is 12.2 Å². The second-order valence-corrected chi connectivity index (χ2v) is 36.8. The van der Waals surface area contributed by atoms with Crippen molar-refractivity contribution < 1.29 is 113 Å². The SMILES string of the molecule is C1CCCCC1.C=CC(CCC/C=C/CCC(CCC(CC)c1ccc(-c2c3ccccc3c(-c3ccccc3)c3ccccc23)cc1)c1ccccc1)CCC(CCC(C)c1ccc(-c2c3ccccc3c(-c3ccccc3)c3ccccc23)cc1)c1ccccc1.C=CC=C.C=Cc1ccc(-c2c3ccccc3c(-c3ccccc3)c3ccccc23)cc1.C=Cc1ccccc1.S=BS.[Ar].[Ar].[Ar]. The van der Waals surface area contributed by atoms with Crippen molar-refractivity contribution in [2.45, 2.75) is 153 Å². The molecule has 6 heteroatoms. The number of rotatable bonds is 31. The summed E-state index contributed by atoms with van der Waals surface area (Å²) in [5.74, 6) is 2.56. The molecule has 0 amide bonds. The molecule has 0 spiro atoms. The van der Waals surface area contributed by atoms with Crippen molar-refractivity contribution in [1.82, 2.24) is 0 Å². The third kappa shape index (κ3) is 29.8. The van der Waals surface area contributed by atoms with Crippen LogP contribution in [-0.2, 0) is 0 Å². The van der Waals surface area contributed by atoms with Crippen molar-refractivity contribution in [3.8, 4) is 66.8 Å². The first-order valence-electron chi connectivity index (χ1n) is 49.4. The van der Waals surface area contributed by atoms with Gasteiger partial charge in [-0.3, -0.25) is 0 Å². The smallest absolute Gasteiger partial charge is 0 e. The van der Waals surface area contributed by atoms with Crippen LogP contribution in [0.1, 0.15) is 186 Å². The van der Waals surface area contributed by atoms with E-state index in [0.29, 0.717) is 29.6 Å². The Morgan fingerprint density at radius 1 is 0.266 bits per heavy atom. The van der Waals surface area contributed by atoms with Gasteiger partial charge in [0.05, 0.1) is 0 Å². The van der Waals surface area contributed by atoms with Crippen molar-refractivity contribution >= 4 is 107 Å². The molecule has 0 radical (unpaired) electrons. The molecule has 18 aromatic rings. The van der Waals surface area contributed by atoms with Crippen molar-refractivity contribution in [2.75, 3.05) is 0 Å². The molecule has 5 unspecified atom stereocenters. The Kier molecular flexibility index (Phi) is 46.8. The number of fused-ring (bicyclic) bond motifs is 6. The fourth-order valence-corrected chi connectivity index (χ4v) is 20.3. The zero-order chi connectivity index (χ0) is 94.3. The van der Waals surface area contributed by atoms with Crippen LogP contribution >= 0.6 is 24.5 Å². The standard InChI is InChI=1S/C87H84.C28H20.C8H8.C6H12.C4H6.3Ar.BHS2/c1-4-64(50-52-71(68-34-17-10-18-35-68)51-49-63(3)66-54-59-74(60-55-66)86-80-45-27-23-41-76(80)84(72-37-19-11-20-38-72)77-42-24-28-46-81(77)86)31-13-7-6-8-14-36-69(67-32-15-9-16-33-67)56-53-65(5-2)70-57-61-75(62-58-70)87-82-47-29-25-43-78(82)85(73-39-21-12-22-40-73)79-44-26-30-48-83(79)87;1-2-20-16-18-22(19-17-20)28-25-14-8-6-12-23(25)27(21-10-4-3-5-11-21)24-13-7-9-15-26(24)28;1-2-8-6-4-3-5-7-8;1-2-4-6-5-3-1;1-3-4-2;;;;2-1-3/h4,6,8-12,15-30,32-35,37-48,54-55,57-65,69,71H,1,5,7,13-14,31,36,49-53,56H2,2-3H3;2-19H,1H2;2-7H,1H2;1-6H2;3-4H,1-2H2;;;;2H/b8-6+;;;;;;;;. The molecule has 1 saturated carbocycles. The second-order valence-electron chi connectivity index (χ2n) is 35.9. The number of unbranched alkanes of at least 4 members (excludes halogenated alkanes) is 1. The molecular weight excluding hydrogens is 1790 g/mol. The van der Waals surface area contributed by atoms with Crippen molar-refractivity contribution in [3.05, 3.63) is 497 Å². The van der Waals surface area contributed by atoms with Crippen LogP contribution in [0.25, 0.3) is 144 Å². The molecule has 139 heavy (non-hydrogen) atoms. The maximum absolute atomic E-state index is 4.37. The molecule has 5 atom stereocenters. The van der Waals surface area contributed by atoms with Gasteiger partial charge in [-0.2, -0.15) is 0 Å². The summed E-state index contributed by atoms with van der Waals surface area (Å²) in [6.07, 6.45) is 37.2. The van der Waals surface area contributed by atoms with Crippen LogP contribution in [0.5, 0.6) is 0 Å². The first-order chi connectivity index (χ1) is 67.2. The number of allylic oxidation sites excluding steroid dienone is 5. The maximum Gasteiger partial charge on any atom is 0 e. The largest absolute Gasteiger partial charge is 0 e. The number of benzene rings is 18. The molecule has 0 heterocycles. The van der Waals surface area contributed by atoms with E-state index in [0.717, 1.165) is 31.2 Å². The summed E-state index contributed by atoms with van der Waals surface area (Å²) in [5, 5.41) is 15.6. The van der Waals surface area contributed by atoms with Gasteiger partial charge in [-0.05, 0) is 271 Å². The molecule has 0 bridgehead atoms. The van der Waals surface area contributed by atoms with Gasteiger partial charge in [-0.15, -0.1) is 6.58 Å². The van der Waals surface area contributed by atoms with E-state index >= 15 is 0 Å². The molecule has 0 aromatic heterocycles. The normalized spacial score (nSPS) is 12.4. The summed E-state index contributed by atoms with van der Waals surface area (Å²) in [5.41, 5.74) is 24.8. The number of hydrogen-bond acceptors (Lipinski definition) is 1. The molecular formula is C133H131Ar3BS2. The molecule has 0 saturated heterocycles. The predicted molar refractivity (Wildman–Crippen MR) is 607 cm³/mol. The second kappa shape index (κ2) is 59.3. The molecule has 1 aliphatic rings. The van der Waals surface area contributed by atoms with Gasteiger partial charge in [0.25, 0.3) is 0 Å². The summed E-state index contributed by atoms with van der Waals surface area (Å²) in [7, 11) is 0. The van der Waals surface area contributed by atoms with Gasteiger partial charge in [-0.25, -0.2) is 0 Å². The summed E-state index contributed by atoms with van der Waals surface area (Å²) < 4.78 is 0. The van der Waals surface area contributed by atoms with E-state index in [2.05, 4.69) is 460 Å². The van der Waals surface area contributed by atoms with E-state index < -0.39 is 0 Å². The van der Waals surface area contributed by atoms with E-state index in [1.807, 2.05) is 42.5 Å². The number of hydrogen-bond donors (Lipinski definition) is 1. The zero-order valence-corrected chi connectivity index (χ0v) is 84.6. The Labute approximate surface area is 931 Å². The first-order valence-corrected chi connectivity index (χ1v) is 50.4. The molecule has 702 valence electrons. The van der Waals surface area contributed by atoms with E-state index in [1.165, 1.54) is 255 Å². The van der Waals surface area contributed by atoms with E-state index in [4.69, 9.17) is 0 Å². The van der Waals surface area contributed by atoms with E-state index in [9.17, 15) is 0 Å². The van der Waals surface area contributed by atoms with Gasteiger partial charge in [0.15, 0.2) is 0 Å². The molecule has 1 aliphatic carbocycles. The van der Waals surface area contributed by atoms with Gasteiger partial charge < -0.3 is 0 Å². The first kappa shape index (κ1) is 110. The minimum atomic E-state index is 0. The summed E-state index contributed by atoms with van der Waals surface area (Å²) in [6, 6.07) is 146. The quantitative estimate of drug-likeness (QED) is 0.0113. The van der Waals surface area contributed by atoms with Crippen LogP contribution in [0.3, 0.4) is 0 Å². The van der Waals surface area contributed by atoms with Crippen LogP contribution in [0.4, 0.5) is 0 Å². The average Bonchev–Trinajstić information content (AvgIpc) is 0.745. The predicted octanol–water partition coefficient (Wildman–Crippen LogP) is 40.1. The van der Waals surface area contributed by atoms with Crippen molar-refractivity contribution in [1.29, 1.82) is 0 Å². The average molecular weight is 1920 g/mol. The van der Waals surface area contributed by atoms with Crippen LogP contribution in [0, 0.1) is 119 Å². The van der Waals surface area contributed by atoms with Crippen molar-refractivity contribution in [3.63, 3.8) is 0 Å². The number of thiol groups is 1. The topological polar surface area (TPSA) is 0 Å². The van der Waals surface area contributed by atoms with Crippen LogP contribution in [0.15, 0.2) is 464 Å². The minimum absolute atomic E-state index is 0. The van der Waals surface area contributed by atoms with Crippen LogP contribution < -0.4 is 0 Å². The Balaban J connectivity index is 0.000000288. The minimum Gasteiger partial charge on any atom is 0 e. The maximum atomic E-state index is 4.37. The Morgan fingerprint density at radius 3 is 0.799 bits per heavy atom. The molecule has 0 N–H and O–H groups in total. The molecule has 0 aliphatic heterocycles. The Bertz CT molecular complexity index is 6690. The Morgan fingerprint density at radius 2 is 0.504 bits per heavy atom. The summed E-state index contributed by atoms with van der Waals surface area (Å²) in [6.45, 7) is 23.4. The molecule has 1 fully saturated rings. The van der Waals surface area contributed by atoms with Gasteiger partial charge in [0, 0.05) is 113 Å². The van der Waals surface area contributed by atoms with Gasteiger partial charge in [0.1, 0.15) is 0 Å². The Hall–Kier alpha value is -9.63. The van der Waals surface area contributed by atoms with Gasteiger partial charge in [0.2, 0.25) is 0 Å². The third-order valence-corrected chi connectivity index (χ3v) is 27.4. The van der Waals surface area contributed by atoms with Gasteiger partial charge in [-0.1, -0.05) is 522 Å². The molecule has 19 rings (SSSR count). The van der Waals surface area contributed by atoms with E-state index in [-0.39, 0.29) is 113 Å². The molecule has 0 nitrogen and oxygen atoms in total. The van der Waals surface area contributed by atoms with Gasteiger partial charge >= 0.3 is 30.0 Å². The molecule has 18 aromatic carbocycles. The fourth-order valence-electron chi connectivity index (χ4n) is 20.3.